The van der Waals surface area contributed by atoms with Gasteiger partial charge in [-0.25, -0.2) is 13.8 Å². The molecule has 0 unspecified atom stereocenters. The van der Waals surface area contributed by atoms with Gasteiger partial charge in [0.25, 0.3) is 12.3 Å². The molecule has 2 fully saturated rings. The van der Waals surface area contributed by atoms with Crippen LogP contribution < -0.4 is 16.8 Å². The number of rotatable bonds is 9. The number of amides is 2. The number of nitrogens with two attached hydrogens (primary N) is 2. The van der Waals surface area contributed by atoms with E-state index in [2.05, 4.69) is 21.9 Å². The Kier molecular flexibility index (Phi) is 9.72. The van der Waals surface area contributed by atoms with Gasteiger partial charge in [0.1, 0.15) is 17.4 Å². The van der Waals surface area contributed by atoms with Crippen molar-refractivity contribution in [3.8, 4) is 0 Å². The molecule has 2 saturated heterocycles. The average molecular weight is 640 g/mol. The molecule has 2 aliphatic heterocycles. The zero-order valence-electron chi connectivity index (χ0n) is 24.7. The fraction of sp³-hybridized carbons (Fsp3) is 0.517. The second-order valence-electron chi connectivity index (χ2n) is 12.0. The summed E-state index contributed by atoms with van der Waals surface area (Å²) in [7, 11) is 0. The van der Waals surface area contributed by atoms with Crippen molar-refractivity contribution in [3.05, 3.63) is 57.6 Å². The van der Waals surface area contributed by atoms with E-state index in [4.69, 9.17) is 34.7 Å². The molecule has 43 heavy (non-hydrogen) atoms. The van der Waals surface area contributed by atoms with Crippen molar-refractivity contribution in [2.24, 2.45) is 10.7 Å². The van der Waals surface area contributed by atoms with Crippen LogP contribution in [0.1, 0.15) is 67.6 Å². The fourth-order valence-electron chi connectivity index (χ4n) is 5.65. The molecule has 234 valence electrons. The maximum Gasteiger partial charge on any atom is 0.271 e. The number of nitrogens with one attached hydrogen (secondary N) is 1. The number of amidine groups is 1. The van der Waals surface area contributed by atoms with Crippen molar-refractivity contribution in [2.75, 3.05) is 31.9 Å². The average Bonchev–Trinajstić information content (AvgIpc) is 3.40. The molecule has 1 aromatic heterocycles. The third-order valence-electron chi connectivity index (χ3n) is 8.02. The van der Waals surface area contributed by atoms with E-state index in [0.29, 0.717) is 48.2 Å². The first-order chi connectivity index (χ1) is 20.1. The quantitative estimate of drug-likeness (QED) is 0.164. The zero-order valence-corrected chi connectivity index (χ0v) is 26.2. The van der Waals surface area contributed by atoms with Crippen LogP contribution in [0, 0.1) is 0 Å². The number of carbonyl (C=O) groups is 2. The summed E-state index contributed by atoms with van der Waals surface area (Å²) in [5.41, 5.74) is 14.2. The van der Waals surface area contributed by atoms with Crippen molar-refractivity contribution >= 4 is 46.5 Å². The van der Waals surface area contributed by atoms with Crippen LogP contribution in [0.5, 0.6) is 0 Å². The lowest BCUT2D eigenvalue weighted by atomic mass is 9.85. The number of hydrogen-bond donors (Lipinski definition) is 3. The predicted molar refractivity (Wildman–Crippen MR) is 165 cm³/mol. The Bertz CT molecular complexity index is 1430. The number of aromatic nitrogens is 2. The molecule has 2 aromatic rings. The number of imidazole rings is 1. The van der Waals surface area contributed by atoms with Crippen LogP contribution in [-0.4, -0.2) is 81.7 Å². The SMILES string of the molecule is C=CC(=O)N1CC(NC(=O)c2c(Cl)nc(CN=C(N)c3cc(C(C)(C)C)c(Cl)cc3N)n2[C@@H]2CCN(CC(F)F)[C@H]2C)C1. The number of benzene rings is 1. The van der Waals surface area contributed by atoms with Crippen LogP contribution >= 0.6 is 23.2 Å². The molecule has 0 radical (unpaired) electrons. The summed E-state index contributed by atoms with van der Waals surface area (Å²) in [5, 5.41) is 3.38. The Morgan fingerprint density at radius 3 is 2.56 bits per heavy atom. The number of carbonyl (C=O) groups excluding carboxylic acids is 2. The Balaban J connectivity index is 1.67. The molecule has 3 heterocycles. The number of likely N-dealkylation sites (tertiary alicyclic amines) is 2. The lowest BCUT2D eigenvalue weighted by molar-refractivity contribution is -0.130. The summed E-state index contributed by atoms with van der Waals surface area (Å²) in [6, 6.07) is 2.46. The van der Waals surface area contributed by atoms with E-state index in [1.165, 1.54) is 6.08 Å². The van der Waals surface area contributed by atoms with Gasteiger partial charge in [-0.2, -0.15) is 0 Å². The Hall–Kier alpha value is -3.22. The van der Waals surface area contributed by atoms with E-state index < -0.39 is 12.3 Å². The van der Waals surface area contributed by atoms with Gasteiger partial charge in [-0.05, 0) is 42.5 Å². The first-order valence-electron chi connectivity index (χ1n) is 14.0. The Morgan fingerprint density at radius 2 is 1.95 bits per heavy atom. The molecule has 0 aliphatic carbocycles. The smallest absolute Gasteiger partial charge is 0.271 e. The van der Waals surface area contributed by atoms with Gasteiger partial charge in [0.15, 0.2) is 5.15 Å². The molecule has 0 bridgehead atoms. The molecule has 0 saturated carbocycles. The molecular weight excluding hydrogens is 601 g/mol. The van der Waals surface area contributed by atoms with Crippen LogP contribution in [0.3, 0.4) is 0 Å². The Labute approximate surface area is 260 Å². The highest BCUT2D eigenvalue weighted by Gasteiger charge is 2.39. The predicted octanol–water partition coefficient (Wildman–Crippen LogP) is 4.00. The molecule has 2 amide bonds. The normalized spacial score (nSPS) is 20.0. The van der Waals surface area contributed by atoms with Crippen LogP contribution in [0.15, 0.2) is 29.8 Å². The highest BCUT2D eigenvalue weighted by molar-refractivity contribution is 6.32. The van der Waals surface area contributed by atoms with Gasteiger partial charge < -0.3 is 26.3 Å². The lowest BCUT2D eigenvalue weighted by Gasteiger charge is -2.39. The number of nitrogens with zero attached hydrogens (tertiary/aromatic N) is 5. The topological polar surface area (TPSA) is 135 Å². The first kappa shape index (κ1) is 32.7. The maximum atomic E-state index is 13.5. The monoisotopic (exact) mass is 638 g/mol. The summed E-state index contributed by atoms with van der Waals surface area (Å²) >= 11 is 13.0. The minimum Gasteiger partial charge on any atom is -0.398 e. The summed E-state index contributed by atoms with van der Waals surface area (Å²) in [6.45, 7) is 12.0. The van der Waals surface area contributed by atoms with Gasteiger partial charge in [0.05, 0.1) is 25.2 Å². The van der Waals surface area contributed by atoms with Crippen molar-refractivity contribution in [1.82, 2.24) is 24.7 Å². The van der Waals surface area contributed by atoms with Gasteiger partial charge in [-0.15, -0.1) is 0 Å². The van der Waals surface area contributed by atoms with Crippen LogP contribution in [0.25, 0.3) is 0 Å². The van der Waals surface area contributed by atoms with Crippen LogP contribution in [-0.2, 0) is 16.8 Å². The van der Waals surface area contributed by atoms with Crippen molar-refractivity contribution in [2.45, 2.75) is 70.6 Å². The number of aliphatic imine (C=N–C) groups is 1. The number of alkyl halides is 2. The molecule has 4 rings (SSSR count). The lowest BCUT2D eigenvalue weighted by Crippen LogP contribution is -2.60. The largest absolute Gasteiger partial charge is 0.398 e. The highest BCUT2D eigenvalue weighted by atomic mass is 35.5. The van der Waals surface area contributed by atoms with E-state index in [9.17, 15) is 18.4 Å². The molecule has 1 aromatic carbocycles. The van der Waals surface area contributed by atoms with Gasteiger partial charge >= 0.3 is 0 Å². The van der Waals surface area contributed by atoms with Gasteiger partial charge in [0.2, 0.25) is 5.91 Å². The Morgan fingerprint density at radius 1 is 1.28 bits per heavy atom. The van der Waals surface area contributed by atoms with Crippen molar-refractivity contribution in [1.29, 1.82) is 0 Å². The van der Waals surface area contributed by atoms with E-state index in [1.54, 1.807) is 20.4 Å². The third kappa shape index (κ3) is 6.97. The summed E-state index contributed by atoms with van der Waals surface area (Å²) in [5.74, 6) is -0.195. The summed E-state index contributed by atoms with van der Waals surface area (Å²) in [4.78, 5) is 37.6. The summed E-state index contributed by atoms with van der Waals surface area (Å²) < 4.78 is 28.3. The minimum absolute atomic E-state index is 0.0415. The van der Waals surface area contributed by atoms with Gasteiger partial charge in [-0.1, -0.05) is 50.6 Å². The number of halogens is 4. The maximum absolute atomic E-state index is 13.5. The van der Waals surface area contributed by atoms with E-state index in [1.807, 2.05) is 33.8 Å². The number of hydrogen-bond acceptors (Lipinski definition) is 6. The fourth-order valence-corrected chi connectivity index (χ4v) is 6.38. The van der Waals surface area contributed by atoms with Gasteiger partial charge in [-0.3, -0.25) is 19.5 Å². The zero-order chi connectivity index (χ0) is 31.8. The first-order valence-corrected chi connectivity index (χ1v) is 14.8. The minimum atomic E-state index is -2.50. The number of anilines is 1. The molecule has 5 N–H and O–H groups in total. The van der Waals surface area contributed by atoms with Crippen molar-refractivity contribution in [3.63, 3.8) is 0 Å². The van der Waals surface area contributed by atoms with E-state index >= 15 is 0 Å². The molecule has 2 atom stereocenters. The third-order valence-corrected chi connectivity index (χ3v) is 8.60. The van der Waals surface area contributed by atoms with Crippen LogP contribution in [0.4, 0.5) is 14.5 Å². The van der Waals surface area contributed by atoms with E-state index in [-0.39, 0.29) is 59.2 Å². The second kappa shape index (κ2) is 12.8. The molecule has 10 nitrogen and oxygen atoms in total. The summed E-state index contributed by atoms with van der Waals surface area (Å²) in [6.07, 6.45) is -0.782. The second-order valence-corrected chi connectivity index (χ2v) is 12.8. The highest BCUT2D eigenvalue weighted by Crippen LogP contribution is 2.35. The van der Waals surface area contributed by atoms with Crippen LogP contribution in [0.2, 0.25) is 10.2 Å². The molecule has 14 heteroatoms. The standard InChI is InChI=1S/C29H38Cl2F2N8O2/c1-6-24(42)40-12-16(13-40)37-28(43)25-26(31)38-23(41(25)21-7-8-39(15(21)2)14-22(32)33)11-36-27(35)17-9-18(29(3,4)5)19(30)10-20(17)34/h6,9-10,15-16,21-22H,1,7-8,11-14,34H2,2-5H3,(H2,35,36)(H,37,43)/t15-,21+/m0/s1. The number of nitrogen functional groups attached to an aromatic ring is 1. The van der Waals surface area contributed by atoms with Crippen molar-refractivity contribution < 1.29 is 18.4 Å². The molecule has 2 aliphatic rings. The molecule has 0 spiro atoms. The molecular formula is C29H38Cl2F2N8O2. The van der Waals surface area contributed by atoms with Gasteiger partial charge in [0, 0.05) is 41.9 Å². The van der Waals surface area contributed by atoms with E-state index in [0.717, 1.165) is 5.56 Å².